The first kappa shape index (κ1) is 18.2. The molecule has 1 N–H and O–H groups in total. The molecule has 0 aliphatic rings. The maximum atomic E-state index is 11.8. The van der Waals surface area contributed by atoms with Gasteiger partial charge < -0.3 is 10.1 Å². The van der Waals surface area contributed by atoms with Crippen LogP contribution in [0.4, 0.5) is 0 Å². The number of halogens is 1. The van der Waals surface area contributed by atoms with Gasteiger partial charge in [0, 0.05) is 27.6 Å². The Labute approximate surface area is 160 Å². The van der Waals surface area contributed by atoms with Crippen molar-refractivity contribution in [3.63, 3.8) is 0 Å². The van der Waals surface area contributed by atoms with E-state index < -0.39 is 5.97 Å². The van der Waals surface area contributed by atoms with Gasteiger partial charge in [0.15, 0.2) is 6.61 Å². The maximum Gasteiger partial charge on any atom is 0.331 e. The Balaban J connectivity index is 1.49. The number of esters is 1. The van der Waals surface area contributed by atoms with E-state index in [0.29, 0.717) is 11.6 Å². The van der Waals surface area contributed by atoms with Crippen molar-refractivity contribution >= 4 is 51.0 Å². The fraction of sp³-hybridized carbons (Fsp3) is 0.100. The van der Waals surface area contributed by atoms with E-state index in [-0.39, 0.29) is 12.5 Å². The Morgan fingerprint density at radius 1 is 1.08 bits per heavy atom. The van der Waals surface area contributed by atoms with Crippen LogP contribution in [0.25, 0.3) is 16.2 Å². The van der Waals surface area contributed by atoms with Gasteiger partial charge in [-0.25, -0.2) is 4.79 Å². The Hall–Kier alpha value is -2.63. The smallest absolute Gasteiger partial charge is 0.331 e. The van der Waals surface area contributed by atoms with Crippen LogP contribution in [0.15, 0.2) is 60.7 Å². The van der Waals surface area contributed by atoms with Crippen molar-refractivity contribution in [2.24, 2.45) is 0 Å². The molecule has 0 saturated heterocycles. The predicted octanol–water partition coefficient (Wildman–Crippen LogP) is 4.43. The van der Waals surface area contributed by atoms with Crippen molar-refractivity contribution in [2.45, 2.75) is 6.54 Å². The molecule has 6 heteroatoms. The van der Waals surface area contributed by atoms with Gasteiger partial charge in [-0.1, -0.05) is 60.1 Å². The van der Waals surface area contributed by atoms with Crippen LogP contribution in [0, 0.1) is 0 Å². The second-order valence-corrected chi connectivity index (χ2v) is 6.94. The Morgan fingerprint density at radius 3 is 2.58 bits per heavy atom. The number of nitrogens with one attached hydrogen (secondary N) is 1. The molecule has 3 rings (SSSR count). The van der Waals surface area contributed by atoms with Gasteiger partial charge in [-0.3, -0.25) is 4.79 Å². The second kappa shape index (κ2) is 8.65. The summed E-state index contributed by atoms with van der Waals surface area (Å²) in [5.74, 6) is -0.941. The molecule has 0 spiro atoms. The van der Waals surface area contributed by atoms with E-state index >= 15 is 0 Å². The summed E-state index contributed by atoms with van der Waals surface area (Å²) in [4.78, 5) is 24.3. The molecule has 0 unspecified atom stereocenters. The topological polar surface area (TPSA) is 55.4 Å². The Bertz CT molecular complexity index is 950. The molecule has 0 aliphatic heterocycles. The molecule has 0 saturated carbocycles. The minimum Gasteiger partial charge on any atom is -0.452 e. The standard InChI is InChI=1S/C20H16ClNO3S/c21-20-15-8-4-5-9-16(15)26-17(20)10-11-19(24)25-13-18(23)22-12-14-6-2-1-3-7-14/h1-11H,12-13H2,(H,22,23)/b11-10+. The highest BCUT2D eigenvalue weighted by atomic mass is 35.5. The van der Waals surface area contributed by atoms with Crippen molar-refractivity contribution in [1.29, 1.82) is 0 Å². The van der Waals surface area contributed by atoms with E-state index in [9.17, 15) is 9.59 Å². The highest BCUT2D eigenvalue weighted by Gasteiger charge is 2.09. The Morgan fingerprint density at radius 2 is 1.81 bits per heavy atom. The third kappa shape index (κ3) is 4.71. The van der Waals surface area contributed by atoms with Crippen LogP contribution in [0.5, 0.6) is 0 Å². The summed E-state index contributed by atoms with van der Waals surface area (Å²) in [7, 11) is 0. The molecular weight excluding hydrogens is 370 g/mol. The first-order valence-electron chi connectivity index (χ1n) is 7.96. The first-order valence-corrected chi connectivity index (χ1v) is 9.15. The van der Waals surface area contributed by atoms with Gasteiger partial charge >= 0.3 is 5.97 Å². The summed E-state index contributed by atoms with van der Waals surface area (Å²) in [6, 6.07) is 17.3. The zero-order chi connectivity index (χ0) is 18.4. The molecule has 0 fully saturated rings. The van der Waals surface area contributed by atoms with Gasteiger partial charge in [-0.15, -0.1) is 11.3 Å². The molecule has 0 atom stereocenters. The Kier molecular flexibility index (Phi) is 6.04. The van der Waals surface area contributed by atoms with Gasteiger partial charge in [-0.05, 0) is 17.7 Å². The van der Waals surface area contributed by atoms with E-state index in [4.69, 9.17) is 16.3 Å². The molecule has 3 aromatic rings. The van der Waals surface area contributed by atoms with Crippen LogP contribution in [-0.4, -0.2) is 18.5 Å². The predicted molar refractivity (Wildman–Crippen MR) is 105 cm³/mol. The van der Waals surface area contributed by atoms with E-state index in [2.05, 4.69) is 5.32 Å². The summed E-state index contributed by atoms with van der Waals surface area (Å²) in [5.41, 5.74) is 0.978. The van der Waals surface area contributed by atoms with Gasteiger partial charge in [0.1, 0.15) is 0 Å². The van der Waals surface area contributed by atoms with Gasteiger partial charge in [0.05, 0.1) is 5.02 Å². The first-order chi connectivity index (χ1) is 12.6. The van der Waals surface area contributed by atoms with Crippen LogP contribution in [0.2, 0.25) is 5.02 Å². The molecule has 0 radical (unpaired) electrons. The molecule has 0 bridgehead atoms. The lowest BCUT2D eigenvalue weighted by atomic mass is 10.2. The summed E-state index contributed by atoms with van der Waals surface area (Å²) in [5, 5.41) is 4.25. The molecular formula is C20H16ClNO3S. The summed E-state index contributed by atoms with van der Waals surface area (Å²) < 4.78 is 6.00. The van der Waals surface area contributed by atoms with Crippen molar-refractivity contribution in [3.8, 4) is 0 Å². The molecule has 2 aromatic carbocycles. The largest absolute Gasteiger partial charge is 0.452 e. The van der Waals surface area contributed by atoms with E-state index in [0.717, 1.165) is 20.5 Å². The molecule has 1 heterocycles. The van der Waals surface area contributed by atoms with Crippen molar-refractivity contribution in [1.82, 2.24) is 5.32 Å². The highest BCUT2D eigenvalue weighted by molar-refractivity contribution is 7.20. The maximum absolute atomic E-state index is 11.8. The number of fused-ring (bicyclic) bond motifs is 1. The number of rotatable bonds is 6. The summed E-state index contributed by atoms with van der Waals surface area (Å²) >= 11 is 7.80. The molecule has 26 heavy (non-hydrogen) atoms. The fourth-order valence-corrected chi connectivity index (χ4v) is 3.71. The fourth-order valence-electron chi connectivity index (χ4n) is 2.32. The monoisotopic (exact) mass is 385 g/mol. The number of hydrogen-bond donors (Lipinski definition) is 1. The van der Waals surface area contributed by atoms with E-state index in [1.54, 1.807) is 6.08 Å². The van der Waals surface area contributed by atoms with Crippen LogP contribution in [0.1, 0.15) is 10.4 Å². The minimum atomic E-state index is -0.589. The van der Waals surface area contributed by atoms with E-state index in [1.807, 2.05) is 54.6 Å². The number of benzene rings is 2. The van der Waals surface area contributed by atoms with Crippen LogP contribution >= 0.6 is 22.9 Å². The quantitative estimate of drug-likeness (QED) is 0.504. The number of carbonyl (C=O) groups is 2. The van der Waals surface area contributed by atoms with Crippen molar-refractivity contribution < 1.29 is 14.3 Å². The SMILES string of the molecule is O=C(COC(=O)/C=C/c1sc2ccccc2c1Cl)NCc1ccccc1. The second-order valence-electron chi connectivity index (χ2n) is 5.48. The number of carbonyl (C=O) groups excluding carboxylic acids is 2. The lowest BCUT2D eigenvalue weighted by Crippen LogP contribution is -2.28. The molecule has 1 aromatic heterocycles. The normalized spacial score (nSPS) is 11.0. The number of hydrogen-bond acceptors (Lipinski definition) is 4. The third-order valence-corrected chi connectivity index (χ3v) is 5.26. The van der Waals surface area contributed by atoms with Crippen LogP contribution in [0.3, 0.4) is 0 Å². The number of thiophene rings is 1. The zero-order valence-corrected chi connectivity index (χ0v) is 15.3. The van der Waals surface area contributed by atoms with Crippen molar-refractivity contribution in [2.75, 3.05) is 6.61 Å². The summed E-state index contributed by atoms with van der Waals surface area (Å²) in [6.45, 7) is 0.0701. The average Bonchev–Trinajstić information content (AvgIpc) is 3.00. The minimum absolute atomic E-state index is 0.323. The van der Waals surface area contributed by atoms with Crippen LogP contribution in [-0.2, 0) is 20.9 Å². The van der Waals surface area contributed by atoms with Gasteiger partial charge in [0.25, 0.3) is 5.91 Å². The van der Waals surface area contributed by atoms with Crippen LogP contribution < -0.4 is 5.32 Å². The van der Waals surface area contributed by atoms with E-state index in [1.165, 1.54) is 17.4 Å². The highest BCUT2D eigenvalue weighted by Crippen LogP contribution is 2.35. The molecule has 4 nitrogen and oxygen atoms in total. The molecule has 132 valence electrons. The number of amides is 1. The lowest BCUT2D eigenvalue weighted by molar-refractivity contribution is -0.143. The molecule has 0 aliphatic carbocycles. The summed E-state index contributed by atoms with van der Waals surface area (Å²) in [6.07, 6.45) is 2.89. The van der Waals surface area contributed by atoms with Gasteiger partial charge in [0.2, 0.25) is 0 Å². The van der Waals surface area contributed by atoms with Crippen molar-refractivity contribution in [3.05, 3.63) is 76.1 Å². The zero-order valence-electron chi connectivity index (χ0n) is 13.8. The average molecular weight is 386 g/mol. The number of ether oxygens (including phenoxy) is 1. The molecule has 1 amide bonds. The van der Waals surface area contributed by atoms with Gasteiger partial charge in [-0.2, -0.15) is 0 Å². The lowest BCUT2D eigenvalue weighted by Gasteiger charge is -2.05. The third-order valence-electron chi connectivity index (χ3n) is 3.61.